The van der Waals surface area contributed by atoms with Gasteiger partial charge in [-0.1, -0.05) is 54.9 Å². The van der Waals surface area contributed by atoms with Gasteiger partial charge >= 0.3 is 8.72 Å². The Bertz CT molecular complexity index is 219. The molecule has 0 saturated heterocycles. The Morgan fingerprint density at radius 2 is 1.10 bits per heavy atom. The molecular formula is C16H40N4Si. The van der Waals surface area contributed by atoms with E-state index < -0.39 is 8.72 Å². The van der Waals surface area contributed by atoms with Crippen LogP contribution in [0.1, 0.15) is 80.6 Å². The van der Waals surface area contributed by atoms with E-state index in [9.17, 15) is 0 Å². The maximum Gasteiger partial charge on any atom is 0.366 e. The largest absolute Gasteiger partial charge is 0.366 e. The molecule has 4 N–H and O–H groups in total. The predicted octanol–water partition coefficient (Wildman–Crippen LogP) is 2.98. The third-order valence-corrected chi connectivity index (χ3v) is 7.70. The zero-order valence-electron chi connectivity index (χ0n) is 15.5. The average Bonchev–Trinajstić information content (AvgIpc) is 2.46. The Kier molecular flexibility index (Phi) is 11.6. The van der Waals surface area contributed by atoms with Gasteiger partial charge in [-0.15, -0.1) is 0 Å². The SMILES string of the molecule is CCCCN[Si](NC(C)CC)(NC(C)CC)NC(C)CC. The molecule has 0 aliphatic rings. The first kappa shape index (κ1) is 21.1. The number of nitrogens with one attached hydrogen (secondary N) is 4. The Balaban J connectivity index is 5.04. The quantitative estimate of drug-likeness (QED) is 0.312. The molecule has 21 heavy (non-hydrogen) atoms. The predicted molar refractivity (Wildman–Crippen MR) is 97.3 cm³/mol. The van der Waals surface area contributed by atoms with Gasteiger partial charge in [-0.25, -0.2) is 0 Å². The fourth-order valence-corrected chi connectivity index (χ4v) is 6.08. The summed E-state index contributed by atoms with van der Waals surface area (Å²) in [5, 5.41) is 0. The molecule has 0 heterocycles. The molecule has 0 aromatic carbocycles. The van der Waals surface area contributed by atoms with Crippen molar-refractivity contribution < 1.29 is 0 Å². The maximum atomic E-state index is 3.88. The molecule has 0 aliphatic carbocycles. The van der Waals surface area contributed by atoms with Gasteiger partial charge < -0.3 is 4.98 Å². The van der Waals surface area contributed by atoms with Gasteiger partial charge in [0, 0.05) is 18.1 Å². The molecule has 0 aliphatic heterocycles. The molecule has 0 saturated carbocycles. The van der Waals surface area contributed by atoms with E-state index in [4.69, 9.17) is 0 Å². The number of unbranched alkanes of at least 4 members (excludes halogenated alkanes) is 1. The summed E-state index contributed by atoms with van der Waals surface area (Å²) < 4.78 is 0. The van der Waals surface area contributed by atoms with E-state index in [1.165, 1.54) is 12.8 Å². The van der Waals surface area contributed by atoms with Gasteiger partial charge in [-0.05, 0) is 32.2 Å². The fourth-order valence-electron chi connectivity index (χ4n) is 2.15. The first-order valence-electron chi connectivity index (χ1n) is 9.00. The first-order valence-corrected chi connectivity index (χ1v) is 11.0. The molecule has 0 radical (unpaired) electrons. The van der Waals surface area contributed by atoms with E-state index in [1.54, 1.807) is 0 Å². The second-order valence-electron chi connectivity index (χ2n) is 6.39. The minimum Gasteiger partial charge on any atom is -0.301 e. The molecule has 0 spiro atoms. The zero-order valence-corrected chi connectivity index (χ0v) is 16.5. The van der Waals surface area contributed by atoms with E-state index in [-0.39, 0.29) is 0 Å². The van der Waals surface area contributed by atoms with Crippen LogP contribution in [0.2, 0.25) is 0 Å². The molecule has 4 nitrogen and oxygen atoms in total. The maximum absolute atomic E-state index is 3.88. The van der Waals surface area contributed by atoms with E-state index in [0.717, 1.165) is 25.8 Å². The lowest BCUT2D eigenvalue weighted by Crippen LogP contribution is -2.84. The lowest BCUT2D eigenvalue weighted by atomic mass is 10.3. The molecule has 0 amide bonds. The highest BCUT2D eigenvalue weighted by atomic mass is 28.4. The Morgan fingerprint density at radius 3 is 1.38 bits per heavy atom. The van der Waals surface area contributed by atoms with Gasteiger partial charge in [0.15, 0.2) is 0 Å². The van der Waals surface area contributed by atoms with Gasteiger partial charge in [0.05, 0.1) is 0 Å². The van der Waals surface area contributed by atoms with Gasteiger partial charge in [0.2, 0.25) is 0 Å². The second-order valence-corrected chi connectivity index (χ2v) is 9.11. The van der Waals surface area contributed by atoms with Crippen LogP contribution in [0.25, 0.3) is 0 Å². The highest BCUT2D eigenvalue weighted by Gasteiger charge is 2.37. The van der Waals surface area contributed by atoms with Crippen molar-refractivity contribution in [1.29, 1.82) is 0 Å². The third kappa shape index (κ3) is 8.93. The van der Waals surface area contributed by atoms with E-state index in [1.807, 2.05) is 0 Å². The molecule has 0 bridgehead atoms. The minimum absolute atomic E-state index is 0.513. The number of rotatable bonds is 13. The molecule has 0 aromatic heterocycles. The van der Waals surface area contributed by atoms with Crippen molar-refractivity contribution >= 4 is 8.72 Å². The van der Waals surface area contributed by atoms with Crippen LogP contribution in [0.3, 0.4) is 0 Å². The van der Waals surface area contributed by atoms with Crippen molar-refractivity contribution in [3.8, 4) is 0 Å². The molecule has 3 unspecified atom stereocenters. The molecule has 5 heteroatoms. The van der Waals surface area contributed by atoms with Crippen LogP contribution in [0, 0.1) is 0 Å². The van der Waals surface area contributed by atoms with Crippen molar-refractivity contribution in [2.75, 3.05) is 6.54 Å². The van der Waals surface area contributed by atoms with Crippen LogP contribution >= 0.6 is 0 Å². The van der Waals surface area contributed by atoms with Gasteiger partial charge in [-0.3, -0.25) is 14.9 Å². The van der Waals surface area contributed by atoms with Gasteiger partial charge in [0.1, 0.15) is 0 Å². The van der Waals surface area contributed by atoms with Gasteiger partial charge in [0.25, 0.3) is 0 Å². The van der Waals surface area contributed by atoms with Crippen molar-refractivity contribution in [1.82, 2.24) is 19.9 Å². The topological polar surface area (TPSA) is 48.1 Å². The zero-order chi connectivity index (χ0) is 16.3. The Labute approximate surface area is 134 Å². The third-order valence-electron chi connectivity index (χ3n) is 4.15. The summed E-state index contributed by atoms with van der Waals surface area (Å²) in [4.78, 5) is 15.5. The van der Waals surface area contributed by atoms with Crippen LogP contribution in [0.4, 0.5) is 0 Å². The van der Waals surface area contributed by atoms with E-state index in [2.05, 4.69) is 68.4 Å². The van der Waals surface area contributed by atoms with Crippen molar-refractivity contribution in [2.45, 2.75) is 98.7 Å². The molecule has 0 fully saturated rings. The molecule has 0 rings (SSSR count). The molecule has 3 atom stereocenters. The fraction of sp³-hybridized carbons (Fsp3) is 1.00. The Hall–Kier alpha value is 0.0569. The summed E-state index contributed by atoms with van der Waals surface area (Å²) in [6, 6.07) is 1.54. The lowest BCUT2D eigenvalue weighted by molar-refractivity contribution is 0.512. The standard InChI is InChI=1S/C16H40N4Si/c1-8-12-13-17-21(18-14(5)9-2,19-15(6)10-3)20-16(7)11-4/h14-20H,8-13H2,1-7H3. The van der Waals surface area contributed by atoms with E-state index >= 15 is 0 Å². The van der Waals surface area contributed by atoms with Crippen molar-refractivity contribution in [2.24, 2.45) is 0 Å². The Morgan fingerprint density at radius 1 is 0.714 bits per heavy atom. The summed E-state index contributed by atoms with van der Waals surface area (Å²) in [7, 11) is -2.08. The van der Waals surface area contributed by atoms with Crippen molar-refractivity contribution in [3.05, 3.63) is 0 Å². The van der Waals surface area contributed by atoms with E-state index in [0.29, 0.717) is 18.1 Å². The molecular weight excluding hydrogens is 276 g/mol. The highest BCUT2D eigenvalue weighted by Crippen LogP contribution is 2.02. The summed E-state index contributed by atoms with van der Waals surface area (Å²) >= 11 is 0. The summed E-state index contributed by atoms with van der Waals surface area (Å²) in [6.45, 7) is 16.9. The first-order chi connectivity index (χ1) is 9.92. The smallest absolute Gasteiger partial charge is 0.301 e. The van der Waals surface area contributed by atoms with Crippen molar-refractivity contribution in [3.63, 3.8) is 0 Å². The summed E-state index contributed by atoms with van der Waals surface area (Å²) in [5.74, 6) is 0. The lowest BCUT2D eigenvalue weighted by Gasteiger charge is -2.40. The van der Waals surface area contributed by atoms with Crippen LogP contribution < -0.4 is 19.9 Å². The highest BCUT2D eigenvalue weighted by molar-refractivity contribution is 6.70. The van der Waals surface area contributed by atoms with Crippen LogP contribution in [0.5, 0.6) is 0 Å². The minimum atomic E-state index is -2.08. The normalized spacial score (nSPS) is 19.0. The van der Waals surface area contributed by atoms with Gasteiger partial charge in [-0.2, -0.15) is 0 Å². The summed E-state index contributed by atoms with van der Waals surface area (Å²) in [6.07, 6.45) is 5.90. The van der Waals surface area contributed by atoms with Crippen LogP contribution in [-0.2, 0) is 0 Å². The second kappa shape index (κ2) is 11.6. The number of hydrogen-bond donors (Lipinski definition) is 4. The van der Waals surface area contributed by atoms with Crippen LogP contribution in [-0.4, -0.2) is 33.4 Å². The molecule has 0 aromatic rings. The molecule has 128 valence electrons. The monoisotopic (exact) mass is 316 g/mol. The summed E-state index contributed by atoms with van der Waals surface area (Å²) in [5.41, 5.74) is 0. The number of hydrogen-bond acceptors (Lipinski definition) is 4. The van der Waals surface area contributed by atoms with Crippen LogP contribution in [0.15, 0.2) is 0 Å². The average molecular weight is 317 g/mol.